The van der Waals surface area contributed by atoms with Crippen LogP contribution in [0.1, 0.15) is 18.4 Å². The number of halogens is 1. The van der Waals surface area contributed by atoms with E-state index in [9.17, 15) is 17.8 Å². The summed E-state index contributed by atoms with van der Waals surface area (Å²) in [5.41, 5.74) is 1.75. The number of amides is 1. The second-order valence-corrected chi connectivity index (χ2v) is 7.80. The highest BCUT2D eigenvalue weighted by molar-refractivity contribution is 9.10. The molecular formula is C14H21BrN2O4S. The molecule has 0 aliphatic rings. The van der Waals surface area contributed by atoms with E-state index in [1.54, 1.807) is 0 Å². The van der Waals surface area contributed by atoms with E-state index in [1.807, 2.05) is 32.2 Å². The van der Waals surface area contributed by atoms with Crippen molar-refractivity contribution in [1.82, 2.24) is 0 Å². The molecule has 1 aromatic carbocycles. The lowest BCUT2D eigenvalue weighted by Gasteiger charge is -2.15. The summed E-state index contributed by atoms with van der Waals surface area (Å²) in [4.78, 5) is 12.9. The highest BCUT2D eigenvalue weighted by Gasteiger charge is 2.11. The summed E-state index contributed by atoms with van der Waals surface area (Å²) >= 11 is 3.37. The maximum atomic E-state index is 12.0. The van der Waals surface area contributed by atoms with Gasteiger partial charge in [-0.2, -0.15) is 0 Å². The van der Waals surface area contributed by atoms with Gasteiger partial charge in [-0.25, -0.2) is 8.42 Å². The lowest BCUT2D eigenvalue weighted by atomic mass is 10.2. The molecule has 0 saturated carbocycles. The molecule has 1 atom stereocenters. The van der Waals surface area contributed by atoms with Crippen molar-refractivity contribution in [3.05, 3.63) is 28.2 Å². The van der Waals surface area contributed by atoms with E-state index < -0.39 is 10.1 Å². The van der Waals surface area contributed by atoms with Gasteiger partial charge in [0, 0.05) is 15.9 Å². The summed E-state index contributed by atoms with van der Waals surface area (Å²) in [5.74, 6) is -0.441. The predicted octanol–water partition coefficient (Wildman–Crippen LogP) is 0.536. The van der Waals surface area contributed by atoms with Gasteiger partial charge in [0.05, 0.1) is 23.7 Å². The Hall–Kier alpha value is -0.960. The molecule has 0 heterocycles. The first kappa shape index (κ1) is 19.1. The Labute approximate surface area is 139 Å². The summed E-state index contributed by atoms with van der Waals surface area (Å²) in [6, 6.07) is 5.63. The van der Waals surface area contributed by atoms with Crippen LogP contribution in [0.2, 0.25) is 0 Å². The highest BCUT2D eigenvalue weighted by atomic mass is 79.9. The van der Waals surface area contributed by atoms with Crippen LogP contribution in [0, 0.1) is 6.92 Å². The number of likely N-dealkylation sites (N-methyl/N-ethyl adjacent to an activating group) is 1. The van der Waals surface area contributed by atoms with Crippen molar-refractivity contribution < 1.29 is 22.7 Å². The van der Waals surface area contributed by atoms with E-state index in [0.29, 0.717) is 25.9 Å². The molecule has 0 aromatic heterocycles. The van der Waals surface area contributed by atoms with Crippen molar-refractivity contribution in [3.63, 3.8) is 0 Å². The van der Waals surface area contributed by atoms with Crippen LogP contribution in [-0.4, -0.2) is 44.8 Å². The Bertz CT molecular complexity index is 619. The minimum atomic E-state index is -4.14. The molecule has 0 spiro atoms. The summed E-state index contributed by atoms with van der Waals surface area (Å²) in [7, 11) is -2.28. The van der Waals surface area contributed by atoms with Gasteiger partial charge in [-0.1, -0.05) is 15.9 Å². The van der Waals surface area contributed by atoms with E-state index in [-0.39, 0.29) is 11.7 Å². The van der Waals surface area contributed by atoms with Crippen molar-refractivity contribution in [2.45, 2.75) is 19.8 Å². The van der Waals surface area contributed by atoms with Gasteiger partial charge in [-0.15, -0.1) is 0 Å². The number of carbonyl (C=O) groups is 1. The molecule has 1 aromatic rings. The second-order valence-electron chi connectivity index (χ2n) is 5.36. The maximum Gasteiger partial charge on any atom is 0.279 e. The number of benzene rings is 1. The fourth-order valence-electron chi connectivity index (χ4n) is 2.03. The number of carbonyl (C=O) groups excluding carboxylic acids is 1. The number of unbranched alkanes of at least 4 members (excludes halogenated alkanes) is 1. The Morgan fingerprint density at radius 2 is 2.05 bits per heavy atom. The van der Waals surface area contributed by atoms with E-state index in [0.717, 1.165) is 20.6 Å². The van der Waals surface area contributed by atoms with Crippen molar-refractivity contribution in [2.24, 2.45) is 0 Å². The average Bonchev–Trinajstić information content (AvgIpc) is 2.37. The van der Waals surface area contributed by atoms with E-state index in [1.165, 1.54) is 0 Å². The monoisotopic (exact) mass is 392 g/mol. The minimum Gasteiger partial charge on any atom is -0.748 e. The first-order chi connectivity index (χ1) is 10.2. The quantitative estimate of drug-likeness (QED) is 0.498. The fourth-order valence-corrected chi connectivity index (χ4v) is 3.06. The van der Waals surface area contributed by atoms with Gasteiger partial charge in [0.15, 0.2) is 6.54 Å². The molecule has 0 radical (unpaired) electrons. The van der Waals surface area contributed by atoms with Crippen LogP contribution in [-0.2, 0) is 14.9 Å². The Balaban J connectivity index is 2.35. The van der Waals surface area contributed by atoms with Crippen LogP contribution >= 0.6 is 15.9 Å². The first-order valence-electron chi connectivity index (χ1n) is 6.98. The number of nitrogens with one attached hydrogen (secondary N) is 2. The molecule has 0 fully saturated rings. The number of hydrogen-bond acceptors (Lipinski definition) is 4. The number of hydrogen-bond donors (Lipinski definition) is 2. The van der Waals surface area contributed by atoms with Crippen molar-refractivity contribution in [1.29, 1.82) is 0 Å². The minimum absolute atomic E-state index is 0.0978. The Kier molecular flexibility index (Phi) is 7.47. The third kappa shape index (κ3) is 7.88. The van der Waals surface area contributed by atoms with Crippen LogP contribution in [0.25, 0.3) is 0 Å². The van der Waals surface area contributed by atoms with Gasteiger partial charge >= 0.3 is 0 Å². The zero-order valence-electron chi connectivity index (χ0n) is 12.7. The van der Waals surface area contributed by atoms with Crippen molar-refractivity contribution in [3.8, 4) is 0 Å². The molecule has 2 N–H and O–H groups in total. The molecule has 1 rings (SSSR count). The lowest BCUT2D eigenvalue weighted by Crippen LogP contribution is -3.10. The maximum absolute atomic E-state index is 12.0. The van der Waals surface area contributed by atoms with E-state index >= 15 is 0 Å². The van der Waals surface area contributed by atoms with Gasteiger partial charge < -0.3 is 14.8 Å². The molecule has 6 nitrogen and oxygen atoms in total. The lowest BCUT2D eigenvalue weighted by molar-refractivity contribution is -0.871. The van der Waals surface area contributed by atoms with Crippen LogP contribution in [0.3, 0.4) is 0 Å². The highest BCUT2D eigenvalue weighted by Crippen LogP contribution is 2.19. The topological polar surface area (TPSA) is 90.7 Å². The molecule has 0 saturated heterocycles. The molecule has 0 bridgehead atoms. The number of aryl methyl sites for hydroxylation is 1. The van der Waals surface area contributed by atoms with Crippen molar-refractivity contribution >= 4 is 37.6 Å². The smallest absolute Gasteiger partial charge is 0.279 e. The van der Waals surface area contributed by atoms with Gasteiger partial charge in [0.2, 0.25) is 0 Å². The summed E-state index contributed by atoms with van der Waals surface area (Å²) in [6.07, 6.45) is 0.925. The largest absolute Gasteiger partial charge is 0.748 e. The molecule has 1 unspecified atom stereocenters. The molecular weight excluding hydrogens is 372 g/mol. The number of rotatable bonds is 8. The number of anilines is 1. The summed E-state index contributed by atoms with van der Waals surface area (Å²) in [5, 5.41) is 2.86. The Morgan fingerprint density at radius 3 is 2.64 bits per heavy atom. The van der Waals surface area contributed by atoms with Gasteiger partial charge in [-0.3, -0.25) is 4.79 Å². The molecule has 0 aliphatic carbocycles. The normalized spacial score (nSPS) is 12.9. The second kappa shape index (κ2) is 8.61. The first-order valence-corrected chi connectivity index (χ1v) is 9.35. The SMILES string of the molecule is Cc1cc(Br)ccc1NC(=O)C[NH+](C)CCCCS(=O)(=O)[O-]. The van der Waals surface area contributed by atoms with Gasteiger partial charge in [-0.05, 0) is 43.5 Å². The Morgan fingerprint density at radius 1 is 1.36 bits per heavy atom. The number of quaternary nitrogens is 1. The molecule has 0 aliphatic heterocycles. The van der Waals surface area contributed by atoms with Gasteiger partial charge in [0.1, 0.15) is 0 Å². The zero-order valence-corrected chi connectivity index (χ0v) is 15.1. The third-order valence-corrected chi connectivity index (χ3v) is 4.45. The van der Waals surface area contributed by atoms with Crippen LogP contribution in [0.5, 0.6) is 0 Å². The van der Waals surface area contributed by atoms with Crippen LogP contribution in [0.4, 0.5) is 5.69 Å². The predicted molar refractivity (Wildman–Crippen MR) is 87.9 cm³/mol. The van der Waals surface area contributed by atoms with Crippen molar-refractivity contribution in [2.75, 3.05) is 31.2 Å². The average molecular weight is 393 g/mol. The van der Waals surface area contributed by atoms with Crippen LogP contribution < -0.4 is 10.2 Å². The third-order valence-electron chi connectivity index (χ3n) is 3.17. The standard InChI is InChI=1S/C14H21BrN2O4S/c1-11-9-12(15)5-6-13(11)16-14(18)10-17(2)7-3-4-8-22(19,20)21/h5-6,9H,3-4,7-8,10H2,1-2H3,(H,16,18)(H,19,20,21). The summed E-state index contributed by atoms with van der Waals surface area (Å²) in [6.45, 7) is 2.85. The zero-order chi connectivity index (χ0) is 16.8. The molecule has 22 heavy (non-hydrogen) atoms. The molecule has 1 amide bonds. The summed E-state index contributed by atoms with van der Waals surface area (Å²) < 4.78 is 32.4. The molecule has 124 valence electrons. The fraction of sp³-hybridized carbons (Fsp3) is 0.500. The van der Waals surface area contributed by atoms with E-state index in [2.05, 4.69) is 21.2 Å². The molecule has 8 heteroatoms. The van der Waals surface area contributed by atoms with E-state index in [4.69, 9.17) is 0 Å². The van der Waals surface area contributed by atoms with Gasteiger partial charge in [0.25, 0.3) is 5.91 Å². The van der Waals surface area contributed by atoms with Crippen LogP contribution in [0.15, 0.2) is 22.7 Å².